The van der Waals surface area contributed by atoms with E-state index in [-0.39, 0.29) is 0 Å². The molecule has 4 nitrogen and oxygen atoms in total. The van der Waals surface area contributed by atoms with Crippen molar-refractivity contribution in [1.29, 1.82) is 0 Å². The summed E-state index contributed by atoms with van der Waals surface area (Å²) in [6.07, 6.45) is 0. The minimum atomic E-state index is 0.495. The second-order valence-electron chi connectivity index (χ2n) is 3.29. The van der Waals surface area contributed by atoms with Crippen LogP contribution < -0.4 is 0 Å². The molecular weight excluding hydrogens is 271 g/mol. The second kappa shape index (κ2) is 2.41. The molecule has 0 N–H and O–H groups in total. The molecule has 1 aliphatic carbocycles. The van der Waals surface area contributed by atoms with Crippen LogP contribution in [0.1, 0.15) is 11.8 Å². The zero-order chi connectivity index (χ0) is 8.13. The molecule has 2 unspecified atom stereocenters. The largest absolute Gasteiger partial charge is 0.381 e. The van der Waals surface area contributed by atoms with Gasteiger partial charge in [-0.3, -0.25) is 0 Å². The van der Waals surface area contributed by atoms with Gasteiger partial charge < -0.3 is 9.26 Å². The lowest BCUT2D eigenvalue weighted by Crippen LogP contribution is -1.97. The Morgan fingerprint density at radius 1 is 1.33 bits per heavy atom. The van der Waals surface area contributed by atoms with Crippen LogP contribution >= 0.6 is 22.6 Å². The monoisotopic (exact) mass is 278 g/mol. The van der Waals surface area contributed by atoms with E-state index in [0.717, 1.165) is 19.1 Å². The maximum atomic E-state index is 5.27. The Kier molecular flexibility index (Phi) is 1.46. The van der Waals surface area contributed by atoms with Crippen LogP contribution in [0.25, 0.3) is 0 Å². The number of hydrogen-bond donors (Lipinski definition) is 0. The topological polar surface area (TPSA) is 48.2 Å². The summed E-state index contributed by atoms with van der Waals surface area (Å²) in [5.41, 5.74) is 0. The minimum absolute atomic E-state index is 0.495. The second-order valence-corrected chi connectivity index (χ2v) is 4.26. The molecule has 2 aliphatic rings. The number of hydrogen-bond acceptors (Lipinski definition) is 4. The predicted molar refractivity (Wildman–Crippen MR) is 47.6 cm³/mol. The SMILES string of the molecule is Ic1noc(C2C3COCC32)n1. The predicted octanol–water partition coefficient (Wildman–Crippen LogP) is 1.03. The Balaban J connectivity index is 1.84. The van der Waals surface area contributed by atoms with E-state index in [9.17, 15) is 0 Å². The van der Waals surface area contributed by atoms with Crippen LogP contribution in [0.3, 0.4) is 0 Å². The first kappa shape index (κ1) is 7.25. The zero-order valence-corrected chi connectivity index (χ0v) is 8.39. The lowest BCUT2D eigenvalue weighted by molar-refractivity contribution is 0.155. The fraction of sp³-hybridized carbons (Fsp3) is 0.714. The first-order chi connectivity index (χ1) is 5.86. The quantitative estimate of drug-likeness (QED) is 0.720. The van der Waals surface area contributed by atoms with Crippen molar-refractivity contribution < 1.29 is 9.26 Å². The fourth-order valence-electron chi connectivity index (χ4n) is 1.96. The molecule has 2 fully saturated rings. The molecular formula is C7H7IN2O2. The maximum Gasteiger partial charge on any atom is 0.232 e. The van der Waals surface area contributed by atoms with Crippen LogP contribution in [0.5, 0.6) is 0 Å². The Morgan fingerprint density at radius 2 is 2.08 bits per heavy atom. The van der Waals surface area contributed by atoms with E-state index in [1.165, 1.54) is 0 Å². The van der Waals surface area contributed by atoms with Gasteiger partial charge in [-0.2, -0.15) is 4.98 Å². The number of rotatable bonds is 1. The molecule has 0 spiro atoms. The smallest absolute Gasteiger partial charge is 0.232 e. The van der Waals surface area contributed by atoms with E-state index in [0.29, 0.717) is 21.6 Å². The number of halogens is 1. The lowest BCUT2D eigenvalue weighted by Gasteiger charge is -1.96. The minimum Gasteiger partial charge on any atom is -0.381 e. The molecule has 1 aliphatic heterocycles. The first-order valence-electron chi connectivity index (χ1n) is 3.93. The van der Waals surface area contributed by atoms with E-state index >= 15 is 0 Å². The van der Waals surface area contributed by atoms with Gasteiger partial charge in [0.25, 0.3) is 0 Å². The maximum absolute atomic E-state index is 5.27. The summed E-state index contributed by atoms with van der Waals surface area (Å²) in [7, 11) is 0. The average Bonchev–Trinajstić information content (AvgIpc) is 2.55. The van der Waals surface area contributed by atoms with Gasteiger partial charge in [0, 0.05) is 28.5 Å². The van der Waals surface area contributed by atoms with Gasteiger partial charge in [0.05, 0.1) is 13.2 Å². The summed E-state index contributed by atoms with van der Waals surface area (Å²) in [6, 6.07) is 0. The summed E-state index contributed by atoms with van der Waals surface area (Å²) < 4.78 is 11.1. The molecule has 3 rings (SSSR count). The fourth-order valence-corrected chi connectivity index (χ4v) is 2.29. The average molecular weight is 278 g/mol. The van der Waals surface area contributed by atoms with Crippen molar-refractivity contribution >= 4 is 22.6 Å². The van der Waals surface area contributed by atoms with Crippen molar-refractivity contribution in [2.45, 2.75) is 5.92 Å². The molecule has 1 aromatic rings. The Bertz CT molecular complexity index is 304. The number of aromatic nitrogens is 2. The summed E-state index contributed by atoms with van der Waals surface area (Å²) >= 11 is 2.06. The highest BCUT2D eigenvalue weighted by Crippen LogP contribution is 2.56. The Hall–Kier alpha value is -0.170. The van der Waals surface area contributed by atoms with Crippen LogP contribution in [0, 0.1) is 15.7 Å². The molecule has 2 atom stereocenters. The summed E-state index contributed by atoms with van der Waals surface area (Å²) in [4.78, 5) is 4.21. The summed E-state index contributed by atoms with van der Waals surface area (Å²) in [5.74, 6) is 2.61. The Labute approximate surface area is 82.8 Å². The van der Waals surface area contributed by atoms with Crippen molar-refractivity contribution in [3.05, 3.63) is 9.72 Å². The van der Waals surface area contributed by atoms with Crippen LogP contribution in [0.2, 0.25) is 0 Å². The molecule has 64 valence electrons. The summed E-state index contributed by atoms with van der Waals surface area (Å²) in [5, 5.41) is 3.76. The van der Waals surface area contributed by atoms with Crippen molar-refractivity contribution in [2.75, 3.05) is 13.2 Å². The van der Waals surface area contributed by atoms with Gasteiger partial charge in [-0.25, -0.2) is 0 Å². The highest BCUT2D eigenvalue weighted by Gasteiger charge is 2.57. The van der Waals surface area contributed by atoms with Crippen molar-refractivity contribution in [3.63, 3.8) is 0 Å². The first-order valence-corrected chi connectivity index (χ1v) is 5.01. The molecule has 12 heavy (non-hydrogen) atoms. The summed E-state index contributed by atoms with van der Waals surface area (Å²) in [6.45, 7) is 1.74. The third-order valence-electron chi connectivity index (χ3n) is 2.65. The number of fused-ring (bicyclic) bond motifs is 1. The highest BCUT2D eigenvalue weighted by molar-refractivity contribution is 14.1. The molecule has 1 aromatic heterocycles. The van der Waals surface area contributed by atoms with Crippen LogP contribution in [-0.2, 0) is 4.74 Å². The van der Waals surface area contributed by atoms with Crippen molar-refractivity contribution in [1.82, 2.24) is 10.1 Å². The van der Waals surface area contributed by atoms with E-state index in [1.807, 2.05) is 0 Å². The van der Waals surface area contributed by atoms with E-state index in [1.54, 1.807) is 0 Å². The zero-order valence-electron chi connectivity index (χ0n) is 6.24. The van der Waals surface area contributed by atoms with Crippen LogP contribution in [0.15, 0.2) is 4.52 Å². The van der Waals surface area contributed by atoms with Crippen molar-refractivity contribution in [3.8, 4) is 0 Å². The molecule has 5 heteroatoms. The normalized spacial score (nSPS) is 38.2. The standard InChI is InChI=1S/C7H7IN2O2/c8-7-9-6(12-10-7)5-3-1-11-2-4(3)5/h3-5H,1-2H2. The van der Waals surface area contributed by atoms with Gasteiger partial charge >= 0.3 is 0 Å². The molecule has 0 aromatic carbocycles. The van der Waals surface area contributed by atoms with E-state index in [2.05, 4.69) is 32.7 Å². The van der Waals surface area contributed by atoms with Gasteiger partial charge in [0.1, 0.15) is 0 Å². The number of nitrogens with zero attached hydrogens (tertiary/aromatic N) is 2. The highest BCUT2D eigenvalue weighted by atomic mass is 127. The van der Waals surface area contributed by atoms with Crippen molar-refractivity contribution in [2.24, 2.45) is 11.8 Å². The van der Waals surface area contributed by atoms with E-state index in [4.69, 9.17) is 9.26 Å². The van der Waals surface area contributed by atoms with Gasteiger partial charge in [0.2, 0.25) is 9.72 Å². The van der Waals surface area contributed by atoms with Crippen LogP contribution in [-0.4, -0.2) is 23.4 Å². The Morgan fingerprint density at radius 3 is 2.67 bits per heavy atom. The van der Waals surface area contributed by atoms with Gasteiger partial charge in [0.15, 0.2) is 0 Å². The molecule has 1 saturated heterocycles. The third-order valence-corrected chi connectivity index (χ3v) is 3.09. The van der Waals surface area contributed by atoms with E-state index < -0.39 is 0 Å². The molecule has 0 bridgehead atoms. The molecule has 1 saturated carbocycles. The third kappa shape index (κ3) is 0.922. The number of ether oxygens (including phenoxy) is 1. The lowest BCUT2D eigenvalue weighted by atomic mass is 10.3. The molecule has 0 radical (unpaired) electrons. The van der Waals surface area contributed by atoms with Gasteiger partial charge in [-0.1, -0.05) is 5.16 Å². The van der Waals surface area contributed by atoms with Gasteiger partial charge in [-0.05, 0) is 11.8 Å². The van der Waals surface area contributed by atoms with Crippen LogP contribution in [0.4, 0.5) is 0 Å². The molecule has 2 heterocycles. The van der Waals surface area contributed by atoms with Gasteiger partial charge in [-0.15, -0.1) is 0 Å². The molecule has 0 amide bonds.